The summed E-state index contributed by atoms with van der Waals surface area (Å²) in [6.45, 7) is 2.70. The maximum Gasteiger partial charge on any atom is 0.252 e. The lowest BCUT2D eigenvalue weighted by Crippen LogP contribution is -2.45. The third-order valence-electron chi connectivity index (χ3n) is 5.09. The number of hydrogen-bond donors (Lipinski definition) is 1. The van der Waals surface area contributed by atoms with Crippen LogP contribution in [0.3, 0.4) is 0 Å². The number of thiophene rings is 1. The van der Waals surface area contributed by atoms with Crippen LogP contribution < -0.4 is 10.1 Å². The van der Waals surface area contributed by atoms with Gasteiger partial charge in [-0.05, 0) is 48.4 Å². The number of amides is 1. The van der Waals surface area contributed by atoms with Crippen LogP contribution in [0.4, 0.5) is 0 Å². The van der Waals surface area contributed by atoms with Crippen molar-refractivity contribution in [3.05, 3.63) is 47.3 Å². The van der Waals surface area contributed by atoms with Crippen molar-refractivity contribution in [2.24, 2.45) is 5.92 Å². The molecule has 1 aromatic heterocycles. The fourth-order valence-electron chi connectivity index (χ4n) is 3.46. The lowest BCUT2D eigenvalue weighted by atomic mass is 9.97. The van der Waals surface area contributed by atoms with E-state index in [0.29, 0.717) is 23.6 Å². The average Bonchev–Trinajstić information content (AvgIpc) is 3.28. The van der Waals surface area contributed by atoms with E-state index >= 15 is 0 Å². The van der Waals surface area contributed by atoms with Crippen LogP contribution in [0.1, 0.15) is 37.8 Å². The summed E-state index contributed by atoms with van der Waals surface area (Å²) in [7, 11) is -1.90. The van der Waals surface area contributed by atoms with Crippen molar-refractivity contribution < 1.29 is 17.9 Å². The highest BCUT2D eigenvalue weighted by molar-refractivity contribution is 7.91. The van der Waals surface area contributed by atoms with E-state index in [1.165, 1.54) is 15.6 Å². The number of sulfonamides is 1. The Bertz CT molecular complexity index is 879. The molecular formula is C20H26N2O4S2. The van der Waals surface area contributed by atoms with Crippen molar-refractivity contribution in [3.8, 4) is 5.75 Å². The smallest absolute Gasteiger partial charge is 0.252 e. The number of hydrogen-bond acceptors (Lipinski definition) is 5. The highest BCUT2D eigenvalue weighted by Gasteiger charge is 2.34. The SMILES string of the molecule is CC[C@@H](NC(=O)[C@@H]1CCCN(S(=O)(=O)c2cccs2)C1)c1ccc(OC)cc1. The number of carbonyl (C=O) groups is 1. The molecule has 2 aromatic rings. The summed E-state index contributed by atoms with van der Waals surface area (Å²) in [5.41, 5.74) is 1.01. The van der Waals surface area contributed by atoms with Crippen LogP contribution in [0.25, 0.3) is 0 Å². The number of nitrogens with zero attached hydrogens (tertiary/aromatic N) is 1. The molecule has 1 saturated heterocycles. The van der Waals surface area contributed by atoms with Gasteiger partial charge in [-0.1, -0.05) is 25.1 Å². The first-order valence-electron chi connectivity index (χ1n) is 9.43. The van der Waals surface area contributed by atoms with Crippen LogP contribution in [-0.4, -0.2) is 38.8 Å². The number of carbonyl (C=O) groups excluding carboxylic acids is 1. The molecule has 0 radical (unpaired) electrons. The van der Waals surface area contributed by atoms with Gasteiger partial charge in [-0.3, -0.25) is 4.79 Å². The van der Waals surface area contributed by atoms with Gasteiger partial charge in [0.25, 0.3) is 10.0 Å². The fourth-order valence-corrected chi connectivity index (χ4v) is 6.13. The molecule has 1 aromatic carbocycles. The van der Waals surface area contributed by atoms with E-state index < -0.39 is 10.0 Å². The second kappa shape index (κ2) is 9.07. The molecule has 1 N–H and O–H groups in total. The van der Waals surface area contributed by atoms with Gasteiger partial charge >= 0.3 is 0 Å². The van der Waals surface area contributed by atoms with E-state index in [-0.39, 0.29) is 24.4 Å². The average molecular weight is 423 g/mol. The van der Waals surface area contributed by atoms with Crippen LogP contribution in [0.5, 0.6) is 5.75 Å². The Labute approximate surface area is 170 Å². The van der Waals surface area contributed by atoms with E-state index in [9.17, 15) is 13.2 Å². The normalized spacial score (nSPS) is 19.1. The zero-order valence-electron chi connectivity index (χ0n) is 16.1. The quantitative estimate of drug-likeness (QED) is 0.742. The van der Waals surface area contributed by atoms with Gasteiger partial charge in [-0.25, -0.2) is 8.42 Å². The van der Waals surface area contributed by atoms with E-state index in [0.717, 1.165) is 17.7 Å². The predicted octanol–water partition coefficient (Wildman–Crippen LogP) is 3.42. The van der Waals surface area contributed by atoms with Gasteiger partial charge in [0.15, 0.2) is 0 Å². The van der Waals surface area contributed by atoms with Crippen LogP contribution in [-0.2, 0) is 14.8 Å². The number of ether oxygens (including phenoxy) is 1. The summed E-state index contributed by atoms with van der Waals surface area (Å²) in [6.07, 6.45) is 2.13. The second-order valence-corrected chi connectivity index (χ2v) is 9.99. The van der Waals surface area contributed by atoms with E-state index in [1.807, 2.05) is 31.2 Å². The molecule has 2 heterocycles. The Morgan fingerprint density at radius 3 is 2.68 bits per heavy atom. The van der Waals surface area contributed by atoms with Crippen molar-refractivity contribution in [1.29, 1.82) is 0 Å². The zero-order chi connectivity index (χ0) is 20.1. The molecule has 0 unspecified atom stereocenters. The molecule has 1 amide bonds. The molecule has 0 aliphatic carbocycles. The first-order chi connectivity index (χ1) is 13.5. The largest absolute Gasteiger partial charge is 0.497 e. The summed E-state index contributed by atoms with van der Waals surface area (Å²) in [6, 6.07) is 10.9. The van der Waals surface area contributed by atoms with Crippen molar-refractivity contribution in [1.82, 2.24) is 9.62 Å². The molecule has 8 heteroatoms. The first kappa shape index (κ1) is 20.8. The lowest BCUT2D eigenvalue weighted by Gasteiger charge is -2.31. The van der Waals surface area contributed by atoms with Crippen LogP contribution in [0, 0.1) is 5.92 Å². The van der Waals surface area contributed by atoms with Gasteiger partial charge in [-0.2, -0.15) is 4.31 Å². The fraction of sp³-hybridized carbons (Fsp3) is 0.450. The third-order valence-corrected chi connectivity index (χ3v) is 8.33. The monoisotopic (exact) mass is 422 g/mol. The maximum absolute atomic E-state index is 12.9. The minimum absolute atomic E-state index is 0.0891. The van der Waals surface area contributed by atoms with E-state index in [4.69, 9.17) is 4.74 Å². The summed E-state index contributed by atoms with van der Waals surface area (Å²) in [5, 5.41) is 4.85. The molecule has 0 spiro atoms. The van der Waals surface area contributed by atoms with Crippen molar-refractivity contribution in [3.63, 3.8) is 0 Å². The van der Waals surface area contributed by atoms with E-state index in [1.54, 1.807) is 24.6 Å². The third kappa shape index (κ3) is 4.56. The molecule has 1 fully saturated rings. The number of piperidine rings is 1. The molecule has 2 atom stereocenters. The number of rotatable bonds is 7. The molecule has 1 aliphatic heterocycles. The summed E-state index contributed by atoms with van der Waals surface area (Å²) in [4.78, 5) is 12.9. The predicted molar refractivity (Wildman–Crippen MR) is 110 cm³/mol. The number of methoxy groups -OCH3 is 1. The molecular weight excluding hydrogens is 396 g/mol. The molecule has 0 saturated carbocycles. The summed E-state index contributed by atoms with van der Waals surface area (Å²) < 4.78 is 32.5. The molecule has 152 valence electrons. The van der Waals surface area contributed by atoms with E-state index in [2.05, 4.69) is 5.32 Å². The van der Waals surface area contributed by atoms with Gasteiger partial charge in [0, 0.05) is 13.1 Å². The minimum atomic E-state index is -3.52. The minimum Gasteiger partial charge on any atom is -0.497 e. The molecule has 28 heavy (non-hydrogen) atoms. The van der Waals surface area contributed by atoms with Crippen LogP contribution >= 0.6 is 11.3 Å². The summed E-state index contributed by atoms with van der Waals surface area (Å²) in [5.74, 6) is 0.344. The summed E-state index contributed by atoms with van der Waals surface area (Å²) >= 11 is 1.21. The Balaban J connectivity index is 1.67. The van der Waals surface area contributed by atoms with Gasteiger partial charge in [0.1, 0.15) is 9.96 Å². The van der Waals surface area contributed by atoms with Crippen molar-refractivity contribution >= 4 is 27.3 Å². The first-order valence-corrected chi connectivity index (χ1v) is 11.8. The Morgan fingerprint density at radius 2 is 2.07 bits per heavy atom. The Hall–Kier alpha value is -1.90. The standard InChI is InChI=1S/C20H26N2O4S2/c1-3-18(15-8-10-17(26-2)11-9-15)21-20(23)16-6-4-12-22(14-16)28(24,25)19-7-5-13-27-19/h5,7-11,13,16,18H,3-4,6,12,14H2,1-2H3,(H,21,23)/t16-,18-/m1/s1. The highest BCUT2D eigenvalue weighted by Crippen LogP contribution is 2.27. The van der Waals surface area contributed by atoms with Crippen molar-refractivity contribution in [2.45, 2.75) is 36.4 Å². The van der Waals surface area contributed by atoms with Gasteiger partial charge in [0.05, 0.1) is 19.1 Å². The zero-order valence-corrected chi connectivity index (χ0v) is 17.8. The molecule has 0 bridgehead atoms. The topological polar surface area (TPSA) is 75.7 Å². The maximum atomic E-state index is 12.9. The lowest BCUT2D eigenvalue weighted by molar-refractivity contribution is -0.126. The highest BCUT2D eigenvalue weighted by atomic mass is 32.2. The number of benzene rings is 1. The van der Waals surface area contributed by atoms with Gasteiger partial charge < -0.3 is 10.1 Å². The Morgan fingerprint density at radius 1 is 1.32 bits per heavy atom. The second-order valence-electron chi connectivity index (χ2n) is 6.88. The van der Waals surface area contributed by atoms with Gasteiger partial charge in [0.2, 0.25) is 5.91 Å². The molecule has 1 aliphatic rings. The van der Waals surface area contributed by atoms with Gasteiger partial charge in [-0.15, -0.1) is 11.3 Å². The number of nitrogens with one attached hydrogen (secondary N) is 1. The molecule has 6 nitrogen and oxygen atoms in total. The van der Waals surface area contributed by atoms with Crippen molar-refractivity contribution in [2.75, 3.05) is 20.2 Å². The van der Waals surface area contributed by atoms with Crippen LogP contribution in [0.2, 0.25) is 0 Å². The Kier molecular flexibility index (Phi) is 6.74. The van der Waals surface area contributed by atoms with Crippen LogP contribution in [0.15, 0.2) is 46.0 Å². The molecule has 3 rings (SSSR count).